The van der Waals surface area contributed by atoms with Gasteiger partial charge in [0.25, 0.3) is 0 Å². The molecule has 0 N–H and O–H groups in total. The van der Waals surface area contributed by atoms with Gasteiger partial charge in [0.15, 0.2) is 0 Å². The Morgan fingerprint density at radius 3 is 1.71 bits per heavy atom. The van der Waals surface area contributed by atoms with Gasteiger partial charge in [0.05, 0.1) is 6.17 Å². The quantitative estimate of drug-likeness (QED) is 0.768. The maximum atomic E-state index is 3.44. The van der Waals surface area contributed by atoms with Gasteiger partial charge in [-0.05, 0) is 45.9 Å². The van der Waals surface area contributed by atoms with Crippen LogP contribution in [0.2, 0.25) is 0 Å². The van der Waals surface area contributed by atoms with Crippen molar-refractivity contribution in [2.24, 2.45) is 0 Å². The van der Waals surface area contributed by atoms with Crippen molar-refractivity contribution in [1.29, 1.82) is 0 Å². The van der Waals surface area contributed by atoms with Gasteiger partial charge in [0.1, 0.15) is 0 Å². The summed E-state index contributed by atoms with van der Waals surface area (Å²) in [5.41, 5.74) is 1.31. The fourth-order valence-corrected chi connectivity index (χ4v) is 1.96. The first-order chi connectivity index (χ1) is 6.52. The molecule has 3 heteroatoms. The van der Waals surface area contributed by atoms with E-state index in [-0.39, 0.29) is 0 Å². The zero-order valence-corrected chi connectivity index (χ0v) is 10.7. The first kappa shape index (κ1) is 11.7. The van der Waals surface area contributed by atoms with Crippen molar-refractivity contribution in [3.05, 3.63) is 34.3 Å². The smallest absolute Gasteiger partial charge is 0.0876 e. The van der Waals surface area contributed by atoms with Crippen LogP contribution >= 0.6 is 15.9 Å². The average Bonchev–Trinajstić information content (AvgIpc) is 2.07. The zero-order valence-electron chi connectivity index (χ0n) is 9.16. The van der Waals surface area contributed by atoms with Crippen LogP contribution in [0.4, 0.5) is 0 Å². The minimum Gasteiger partial charge on any atom is -0.290 e. The van der Waals surface area contributed by atoms with E-state index in [1.807, 2.05) is 0 Å². The molecule has 0 atom stereocenters. The Kier molecular flexibility index (Phi) is 4.11. The molecule has 1 aromatic rings. The van der Waals surface area contributed by atoms with Crippen molar-refractivity contribution in [2.45, 2.75) is 6.17 Å². The van der Waals surface area contributed by atoms with Crippen molar-refractivity contribution < 1.29 is 0 Å². The third kappa shape index (κ3) is 2.80. The second-order valence-corrected chi connectivity index (χ2v) is 4.77. The van der Waals surface area contributed by atoms with Gasteiger partial charge < -0.3 is 0 Å². The molecule has 0 saturated carbocycles. The first-order valence-corrected chi connectivity index (χ1v) is 5.40. The average molecular weight is 257 g/mol. The summed E-state index contributed by atoms with van der Waals surface area (Å²) in [6.07, 6.45) is 0.336. The number of halogens is 1. The molecule has 0 heterocycles. The molecule has 0 spiro atoms. The fourth-order valence-electron chi connectivity index (χ4n) is 1.69. The summed E-state index contributed by atoms with van der Waals surface area (Å²) < 4.78 is 1.12. The molecule has 1 aromatic carbocycles. The third-order valence-corrected chi connectivity index (χ3v) is 2.68. The highest BCUT2D eigenvalue weighted by Crippen LogP contribution is 2.21. The van der Waals surface area contributed by atoms with Crippen LogP contribution in [-0.2, 0) is 0 Å². The third-order valence-electron chi connectivity index (χ3n) is 2.15. The molecule has 0 bridgehead atoms. The maximum absolute atomic E-state index is 3.44. The van der Waals surface area contributed by atoms with Crippen LogP contribution < -0.4 is 0 Å². The molecular formula is C11H17BrN2. The fraction of sp³-hybridized carbons (Fsp3) is 0.455. The normalized spacial score (nSPS) is 11.7. The van der Waals surface area contributed by atoms with Crippen LogP contribution in [0.15, 0.2) is 28.7 Å². The lowest BCUT2D eigenvalue weighted by molar-refractivity contribution is 0.131. The summed E-state index contributed by atoms with van der Waals surface area (Å²) in [5.74, 6) is 0. The Balaban J connectivity index is 2.94. The first-order valence-electron chi connectivity index (χ1n) is 4.60. The molecule has 0 saturated heterocycles. The number of hydrogen-bond acceptors (Lipinski definition) is 2. The number of benzene rings is 1. The topological polar surface area (TPSA) is 6.48 Å². The lowest BCUT2D eigenvalue weighted by Gasteiger charge is -2.30. The van der Waals surface area contributed by atoms with Gasteiger partial charge in [-0.1, -0.05) is 28.1 Å². The summed E-state index contributed by atoms with van der Waals surface area (Å²) >= 11 is 3.44. The van der Waals surface area contributed by atoms with Gasteiger partial charge in [-0.3, -0.25) is 9.80 Å². The molecule has 14 heavy (non-hydrogen) atoms. The Morgan fingerprint density at radius 2 is 1.36 bits per heavy atom. The lowest BCUT2D eigenvalue weighted by atomic mass is 10.1. The summed E-state index contributed by atoms with van der Waals surface area (Å²) in [6, 6.07) is 8.45. The van der Waals surface area contributed by atoms with Crippen LogP contribution in [0.1, 0.15) is 11.7 Å². The van der Waals surface area contributed by atoms with E-state index in [4.69, 9.17) is 0 Å². The van der Waals surface area contributed by atoms with Gasteiger partial charge >= 0.3 is 0 Å². The molecule has 0 amide bonds. The molecule has 1 rings (SSSR count). The van der Waals surface area contributed by atoms with Crippen LogP contribution in [0, 0.1) is 0 Å². The molecule has 0 aliphatic carbocycles. The summed E-state index contributed by atoms with van der Waals surface area (Å²) in [5, 5.41) is 0. The molecule has 0 aliphatic rings. The van der Waals surface area contributed by atoms with Crippen molar-refractivity contribution in [3.8, 4) is 0 Å². The molecule has 0 radical (unpaired) electrons. The largest absolute Gasteiger partial charge is 0.290 e. The van der Waals surface area contributed by atoms with E-state index >= 15 is 0 Å². The molecule has 0 fully saturated rings. The maximum Gasteiger partial charge on any atom is 0.0876 e. The number of rotatable bonds is 3. The second-order valence-electron chi connectivity index (χ2n) is 3.85. The van der Waals surface area contributed by atoms with Crippen LogP contribution in [0.3, 0.4) is 0 Å². The van der Waals surface area contributed by atoms with E-state index in [1.54, 1.807) is 0 Å². The van der Waals surface area contributed by atoms with E-state index in [0.717, 1.165) is 4.47 Å². The van der Waals surface area contributed by atoms with E-state index in [0.29, 0.717) is 6.17 Å². The standard InChI is InChI=1S/C11H17BrN2/c1-13(2)11(14(3)4)9-5-7-10(12)8-6-9/h5-8,11H,1-4H3. The highest BCUT2D eigenvalue weighted by molar-refractivity contribution is 9.10. The summed E-state index contributed by atoms with van der Waals surface area (Å²) in [7, 11) is 8.36. The number of hydrogen-bond donors (Lipinski definition) is 0. The Bertz CT molecular complexity index is 272. The van der Waals surface area contributed by atoms with E-state index in [2.05, 4.69) is 78.2 Å². The second kappa shape index (κ2) is 4.91. The van der Waals surface area contributed by atoms with Crippen LogP contribution in [-0.4, -0.2) is 38.0 Å². The van der Waals surface area contributed by atoms with Crippen molar-refractivity contribution in [2.75, 3.05) is 28.2 Å². The van der Waals surface area contributed by atoms with E-state index in [1.165, 1.54) is 5.56 Å². The number of nitrogens with zero attached hydrogens (tertiary/aromatic N) is 2. The molecule has 2 nitrogen and oxygen atoms in total. The molecule has 0 aliphatic heterocycles. The minimum atomic E-state index is 0.336. The highest BCUT2D eigenvalue weighted by atomic mass is 79.9. The van der Waals surface area contributed by atoms with Crippen molar-refractivity contribution in [3.63, 3.8) is 0 Å². The summed E-state index contributed by atoms with van der Waals surface area (Å²) in [6.45, 7) is 0. The predicted molar refractivity (Wildman–Crippen MR) is 64.3 cm³/mol. The highest BCUT2D eigenvalue weighted by Gasteiger charge is 2.15. The Hall–Kier alpha value is -0.380. The SMILES string of the molecule is CN(C)C(c1ccc(Br)cc1)N(C)C. The molecule has 78 valence electrons. The van der Waals surface area contributed by atoms with Gasteiger partial charge in [-0.15, -0.1) is 0 Å². The van der Waals surface area contributed by atoms with Crippen molar-refractivity contribution in [1.82, 2.24) is 9.80 Å². The van der Waals surface area contributed by atoms with Gasteiger partial charge in [0, 0.05) is 4.47 Å². The van der Waals surface area contributed by atoms with Gasteiger partial charge in [0.2, 0.25) is 0 Å². The minimum absolute atomic E-state index is 0.336. The zero-order chi connectivity index (χ0) is 10.7. The van der Waals surface area contributed by atoms with Crippen LogP contribution in [0.5, 0.6) is 0 Å². The van der Waals surface area contributed by atoms with E-state index in [9.17, 15) is 0 Å². The summed E-state index contributed by atoms with van der Waals surface area (Å²) in [4.78, 5) is 4.40. The van der Waals surface area contributed by atoms with Crippen molar-refractivity contribution >= 4 is 15.9 Å². The van der Waals surface area contributed by atoms with E-state index < -0.39 is 0 Å². The molecular weight excluding hydrogens is 240 g/mol. The predicted octanol–water partition coefficient (Wildman–Crippen LogP) is 2.57. The van der Waals surface area contributed by atoms with Gasteiger partial charge in [-0.2, -0.15) is 0 Å². The monoisotopic (exact) mass is 256 g/mol. The molecule has 0 aromatic heterocycles. The lowest BCUT2D eigenvalue weighted by Crippen LogP contribution is -2.32. The van der Waals surface area contributed by atoms with Crippen LogP contribution in [0.25, 0.3) is 0 Å². The Labute approximate surface area is 94.6 Å². The van der Waals surface area contributed by atoms with Gasteiger partial charge in [-0.25, -0.2) is 0 Å². The Morgan fingerprint density at radius 1 is 0.929 bits per heavy atom. The molecule has 0 unspecified atom stereocenters.